The molecule has 98 valence electrons. The Hall–Kier alpha value is 0.340. The second-order valence-electron chi connectivity index (χ2n) is 6.20. The summed E-state index contributed by atoms with van der Waals surface area (Å²) in [6.07, 6.45) is 3.22. The average molecular weight is 300 g/mol. The zero-order valence-electron chi connectivity index (χ0n) is 10.2. The van der Waals surface area contributed by atoms with E-state index < -0.39 is 9.76 Å². The Morgan fingerprint density at radius 2 is 1.88 bits per heavy atom. The summed E-state index contributed by atoms with van der Waals surface area (Å²) in [7, 11) is 0. The molecule has 0 aromatic heterocycles. The third-order valence-electron chi connectivity index (χ3n) is 4.59. The molecule has 0 amide bonds. The molecule has 0 aromatic rings. The van der Waals surface area contributed by atoms with Crippen molar-refractivity contribution in [1.82, 2.24) is 0 Å². The summed E-state index contributed by atoms with van der Waals surface area (Å²) >= 11 is 16.7. The van der Waals surface area contributed by atoms with Gasteiger partial charge in [-0.15, -0.1) is 0 Å². The Morgan fingerprint density at radius 1 is 1.29 bits per heavy atom. The van der Waals surface area contributed by atoms with E-state index in [4.69, 9.17) is 39.5 Å². The Morgan fingerprint density at radius 3 is 2.29 bits per heavy atom. The molecule has 0 spiro atoms. The molecular weight excluding hydrogens is 282 g/mol. The first-order valence-electron chi connectivity index (χ1n) is 5.85. The molecule has 3 atom stereocenters. The fourth-order valence-electron chi connectivity index (χ4n) is 3.72. The van der Waals surface area contributed by atoms with Gasteiger partial charge in [0.1, 0.15) is 6.10 Å². The number of ether oxygens (including phenoxy) is 1. The zero-order valence-corrected chi connectivity index (χ0v) is 12.5. The lowest BCUT2D eigenvalue weighted by molar-refractivity contribution is -0.163. The van der Waals surface area contributed by atoms with E-state index in [0.717, 1.165) is 12.8 Å². The second-order valence-corrected chi connectivity index (χ2v) is 8.48. The van der Waals surface area contributed by atoms with Gasteiger partial charge < -0.3 is 4.74 Å². The highest BCUT2D eigenvalue weighted by atomic mass is 35.6. The van der Waals surface area contributed by atoms with Crippen LogP contribution >= 0.6 is 34.8 Å². The van der Waals surface area contributed by atoms with Gasteiger partial charge in [-0.3, -0.25) is 0 Å². The van der Waals surface area contributed by atoms with Crippen molar-refractivity contribution in [3.05, 3.63) is 0 Å². The smallest absolute Gasteiger partial charge is 0.358 e. The van der Waals surface area contributed by atoms with Crippen molar-refractivity contribution in [2.24, 2.45) is 16.7 Å². The van der Waals surface area contributed by atoms with Crippen LogP contribution < -0.4 is 0 Å². The molecule has 5 heteroatoms. The summed E-state index contributed by atoms with van der Waals surface area (Å²) < 4.78 is 3.52. The molecule has 2 aliphatic carbocycles. The van der Waals surface area contributed by atoms with Crippen LogP contribution in [0.4, 0.5) is 0 Å². The monoisotopic (exact) mass is 298 g/mol. The molecule has 2 aliphatic rings. The maximum Gasteiger partial charge on any atom is 0.358 e. The average Bonchev–Trinajstić information content (AvgIpc) is 2.62. The number of carbonyl (C=O) groups is 1. The minimum atomic E-state index is -1.98. The fraction of sp³-hybridized carbons (Fsp3) is 0.917. The van der Waals surface area contributed by atoms with Crippen molar-refractivity contribution >= 4 is 40.8 Å². The van der Waals surface area contributed by atoms with Crippen LogP contribution in [0.25, 0.3) is 0 Å². The number of hydrogen-bond donors (Lipinski definition) is 0. The Bertz CT molecular complexity index is 343. The van der Waals surface area contributed by atoms with Gasteiger partial charge in [0.25, 0.3) is 3.79 Å². The molecule has 0 heterocycles. The largest absolute Gasteiger partial charge is 0.458 e. The highest BCUT2D eigenvalue weighted by molar-refractivity contribution is 6.75. The predicted octanol–water partition coefficient (Wildman–Crippen LogP) is 4.11. The molecule has 2 saturated carbocycles. The lowest BCUT2D eigenvalue weighted by atomic mass is 9.70. The molecule has 2 bridgehead atoms. The molecule has 17 heavy (non-hydrogen) atoms. The maximum atomic E-state index is 11.7. The predicted molar refractivity (Wildman–Crippen MR) is 69.4 cm³/mol. The lowest BCUT2D eigenvalue weighted by Gasteiger charge is -2.42. The number of fused-ring (bicyclic) bond motifs is 2. The zero-order chi connectivity index (χ0) is 13.1. The summed E-state index contributed by atoms with van der Waals surface area (Å²) in [4.78, 5) is 11.7. The molecule has 0 radical (unpaired) electrons. The quantitative estimate of drug-likeness (QED) is 0.538. The Kier molecular flexibility index (Phi) is 3.17. The van der Waals surface area contributed by atoms with Crippen LogP contribution in [0.3, 0.4) is 0 Å². The highest BCUT2D eigenvalue weighted by Crippen LogP contribution is 2.63. The van der Waals surface area contributed by atoms with Gasteiger partial charge in [-0.25, -0.2) is 4.79 Å². The van der Waals surface area contributed by atoms with Crippen LogP contribution in [0.15, 0.2) is 0 Å². The van der Waals surface area contributed by atoms with Crippen LogP contribution in [0, 0.1) is 16.7 Å². The van der Waals surface area contributed by atoms with Crippen molar-refractivity contribution in [3.63, 3.8) is 0 Å². The van der Waals surface area contributed by atoms with Gasteiger partial charge in [0.15, 0.2) is 0 Å². The number of halogens is 3. The van der Waals surface area contributed by atoms with E-state index >= 15 is 0 Å². The molecule has 0 aromatic carbocycles. The van der Waals surface area contributed by atoms with Crippen molar-refractivity contribution in [2.45, 2.75) is 49.9 Å². The second kappa shape index (κ2) is 3.91. The van der Waals surface area contributed by atoms with Crippen LogP contribution in [-0.2, 0) is 9.53 Å². The standard InChI is InChI=1S/C12H17Cl3O2/c1-10(2)7-4-5-11(3,6-7)8(10)17-9(16)12(13,14)15/h7-8H,4-6H2,1-3H3/t7-,8+,11-/m0/s1. The first-order chi connectivity index (χ1) is 7.57. The molecule has 2 rings (SSSR count). The molecule has 2 nitrogen and oxygen atoms in total. The van der Waals surface area contributed by atoms with Gasteiger partial charge in [-0.05, 0) is 25.2 Å². The van der Waals surface area contributed by atoms with E-state index in [9.17, 15) is 4.79 Å². The summed E-state index contributed by atoms with van der Waals surface area (Å²) in [5.74, 6) is -0.157. The van der Waals surface area contributed by atoms with E-state index in [-0.39, 0.29) is 16.9 Å². The third kappa shape index (κ3) is 2.17. The van der Waals surface area contributed by atoms with Crippen molar-refractivity contribution in [3.8, 4) is 0 Å². The van der Waals surface area contributed by atoms with Crippen molar-refractivity contribution in [1.29, 1.82) is 0 Å². The van der Waals surface area contributed by atoms with Gasteiger partial charge >= 0.3 is 5.97 Å². The Labute approximate surface area is 117 Å². The van der Waals surface area contributed by atoms with E-state index in [1.165, 1.54) is 6.42 Å². The van der Waals surface area contributed by atoms with Gasteiger partial charge in [0, 0.05) is 10.8 Å². The minimum absolute atomic E-state index is 0.0292. The highest BCUT2D eigenvalue weighted by Gasteiger charge is 2.62. The molecule has 0 N–H and O–H groups in total. The van der Waals surface area contributed by atoms with Gasteiger partial charge in [-0.2, -0.15) is 0 Å². The van der Waals surface area contributed by atoms with Crippen LogP contribution in [-0.4, -0.2) is 15.9 Å². The van der Waals surface area contributed by atoms with Crippen molar-refractivity contribution < 1.29 is 9.53 Å². The van der Waals surface area contributed by atoms with Crippen LogP contribution in [0.1, 0.15) is 40.0 Å². The molecular formula is C12H17Cl3O2. The number of alkyl halides is 3. The topological polar surface area (TPSA) is 26.3 Å². The van der Waals surface area contributed by atoms with E-state index in [1.54, 1.807) is 0 Å². The van der Waals surface area contributed by atoms with E-state index in [2.05, 4.69) is 20.8 Å². The summed E-state index contributed by atoms with van der Waals surface area (Å²) in [5, 5.41) is 0. The van der Waals surface area contributed by atoms with E-state index in [0.29, 0.717) is 5.92 Å². The number of hydrogen-bond acceptors (Lipinski definition) is 2. The number of rotatable bonds is 1. The summed E-state index contributed by atoms with van der Waals surface area (Å²) in [6, 6.07) is 0. The Balaban J connectivity index is 2.19. The molecule has 2 fully saturated rings. The summed E-state index contributed by atoms with van der Waals surface area (Å²) in [6.45, 7) is 6.44. The normalized spacial score (nSPS) is 39.4. The number of carbonyl (C=O) groups excluding carboxylic acids is 1. The minimum Gasteiger partial charge on any atom is -0.458 e. The van der Waals surface area contributed by atoms with Gasteiger partial charge in [0.2, 0.25) is 0 Å². The van der Waals surface area contributed by atoms with E-state index in [1.807, 2.05) is 0 Å². The fourth-order valence-corrected chi connectivity index (χ4v) is 3.86. The number of esters is 1. The lowest BCUT2D eigenvalue weighted by Crippen LogP contribution is -2.45. The van der Waals surface area contributed by atoms with Gasteiger partial charge in [0.05, 0.1) is 0 Å². The van der Waals surface area contributed by atoms with Crippen LogP contribution in [0.5, 0.6) is 0 Å². The summed E-state index contributed by atoms with van der Waals surface area (Å²) in [5.41, 5.74) is 0.0122. The molecule has 0 unspecified atom stereocenters. The van der Waals surface area contributed by atoms with Gasteiger partial charge in [-0.1, -0.05) is 55.6 Å². The molecule has 0 saturated heterocycles. The van der Waals surface area contributed by atoms with Crippen molar-refractivity contribution in [2.75, 3.05) is 0 Å². The van der Waals surface area contributed by atoms with Crippen LogP contribution in [0.2, 0.25) is 0 Å². The first kappa shape index (κ1) is 13.8. The molecule has 0 aliphatic heterocycles. The maximum absolute atomic E-state index is 11.7. The third-order valence-corrected chi connectivity index (χ3v) is 5.06. The first-order valence-corrected chi connectivity index (χ1v) is 6.98. The SMILES string of the molecule is CC1(C)[C@H]2CC[C@@](C)(C2)[C@@H]1OC(=O)C(Cl)(Cl)Cl.